The standard InChI is InChI=1S/C39H25N5/c1-2-10-26(11-3-1)31-24-35(42-33-21-20-27-12-4-5-13-30(27)38(31)33)28-16-18-29(19-17-28)36-25-37(32-14-6-8-22-40-32)44-39(43-36)34-15-7-9-23-41-34/h1-25H. The minimum Gasteiger partial charge on any atom is -0.255 e. The van der Waals surface area contributed by atoms with E-state index >= 15 is 0 Å². The van der Waals surface area contributed by atoms with Gasteiger partial charge in [0.25, 0.3) is 0 Å². The summed E-state index contributed by atoms with van der Waals surface area (Å²) in [7, 11) is 0. The summed E-state index contributed by atoms with van der Waals surface area (Å²) in [4.78, 5) is 23.9. The second kappa shape index (κ2) is 11.0. The fraction of sp³-hybridized carbons (Fsp3) is 0. The van der Waals surface area contributed by atoms with Crippen LogP contribution in [0.15, 0.2) is 152 Å². The van der Waals surface area contributed by atoms with E-state index in [1.54, 1.807) is 12.4 Å². The number of aromatic nitrogens is 5. The number of nitrogens with zero attached hydrogens (tertiary/aromatic N) is 5. The minimum atomic E-state index is 0.559. The summed E-state index contributed by atoms with van der Waals surface area (Å²) >= 11 is 0. The lowest BCUT2D eigenvalue weighted by Gasteiger charge is -2.13. The molecule has 0 amide bonds. The summed E-state index contributed by atoms with van der Waals surface area (Å²) in [5, 5.41) is 3.57. The van der Waals surface area contributed by atoms with Crippen LogP contribution in [0, 0.1) is 0 Å². The number of pyridine rings is 3. The van der Waals surface area contributed by atoms with Crippen LogP contribution in [0.4, 0.5) is 0 Å². The van der Waals surface area contributed by atoms with Crippen molar-refractivity contribution >= 4 is 21.7 Å². The van der Waals surface area contributed by atoms with Crippen LogP contribution in [0.25, 0.3) is 78.2 Å². The van der Waals surface area contributed by atoms with Crippen molar-refractivity contribution < 1.29 is 0 Å². The highest BCUT2D eigenvalue weighted by molar-refractivity contribution is 6.13. The molecule has 0 aliphatic rings. The van der Waals surface area contributed by atoms with E-state index in [-0.39, 0.29) is 0 Å². The Balaban J connectivity index is 1.25. The molecule has 0 fully saturated rings. The van der Waals surface area contributed by atoms with Gasteiger partial charge in [-0.3, -0.25) is 9.97 Å². The third-order valence-electron chi connectivity index (χ3n) is 7.81. The fourth-order valence-electron chi connectivity index (χ4n) is 5.66. The highest BCUT2D eigenvalue weighted by Gasteiger charge is 2.15. The zero-order chi connectivity index (χ0) is 29.3. The lowest BCUT2D eigenvalue weighted by molar-refractivity contribution is 1.13. The SMILES string of the molecule is c1ccc(-c2cc(-c3ccc(-c4cc(-c5ccccn5)nc(-c5ccccn5)n4)cc3)nc3ccc4ccccc4c23)cc1. The number of hydrogen-bond acceptors (Lipinski definition) is 5. The Bertz CT molecular complexity index is 2190. The van der Waals surface area contributed by atoms with Crippen LogP contribution in [0.1, 0.15) is 0 Å². The average molecular weight is 564 g/mol. The van der Waals surface area contributed by atoms with Gasteiger partial charge in [-0.1, -0.05) is 97.1 Å². The van der Waals surface area contributed by atoms with E-state index in [9.17, 15) is 0 Å². The Morgan fingerprint density at radius 2 is 1.02 bits per heavy atom. The van der Waals surface area contributed by atoms with Gasteiger partial charge < -0.3 is 0 Å². The Morgan fingerprint density at radius 3 is 1.75 bits per heavy atom. The van der Waals surface area contributed by atoms with Gasteiger partial charge >= 0.3 is 0 Å². The van der Waals surface area contributed by atoms with Gasteiger partial charge in [-0.2, -0.15) is 0 Å². The topological polar surface area (TPSA) is 64.5 Å². The predicted octanol–water partition coefficient (Wildman–Crippen LogP) is 9.30. The molecule has 4 aromatic carbocycles. The van der Waals surface area contributed by atoms with Crippen molar-refractivity contribution in [2.75, 3.05) is 0 Å². The lowest BCUT2D eigenvalue weighted by atomic mass is 9.94. The molecule has 0 bridgehead atoms. The molecule has 4 aromatic heterocycles. The molecule has 0 saturated heterocycles. The smallest absolute Gasteiger partial charge is 0.179 e. The van der Waals surface area contributed by atoms with E-state index in [0.717, 1.165) is 39.4 Å². The van der Waals surface area contributed by atoms with Crippen LogP contribution >= 0.6 is 0 Å². The van der Waals surface area contributed by atoms with Crippen molar-refractivity contribution in [3.05, 3.63) is 152 Å². The number of benzene rings is 4. The molecule has 0 spiro atoms. The maximum Gasteiger partial charge on any atom is 0.179 e. The molecule has 0 saturated carbocycles. The van der Waals surface area contributed by atoms with Crippen molar-refractivity contribution in [3.63, 3.8) is 0 Å². The van der Waals surface area contributed by atoms with Crippen LogP contribution in [0.5, 0.6) is 0 Å². The summed E-state index contributed by atoms with van der Waals surface area (Å²) in [6, 6.07) is 47.5. The molecular weight excluding hydrogens is 538 g/mol. The molecule has 4 heterocycles. The average Bonchev–Trinajstić information content (AvgIpc) is 3.12. The van der Waals surface area contributed by atoms with E-state index in [0.29, 0.717) is 11.5 Å². The Kier molecular flexibility index (Phi) is 6.39. The van der Waals surface area contributed by atoms with E-state index in [1.807, 2.05) is 42.5 Å². The Labute approximate surface area is 254 Å². The highest BCUT2D eigenvalue weighted by Crippen LogP contribution is 2.37. The zero-order valence-electron chi connectivity index (χ0n) is 23.7. The van der Waals surface area contributed by atoms with Crippen LogP contribution in [-0.2, 0) is 0 Å². The van der Waals surface area contributed by atoms with E-state index in [1.165, 1.54) is 27.3 Å². The Hall–Kier alpha value is -6.07. The summed E-state index contributed by atoms with van der Waals surface area (Å²) < 4.78 is 0. The van der Waals surface area contributed by atoms with E-state index in [2.05, 4.69) is 107 Å². The van der Waals surface area contributed by atoms with E-state index in [4.69, 9.17) is 15.0 Å². The van der Waals surface area contributed by atoms with Gasteiger partial charge in [0.2, 0.25) is 0 Å². The maximum atomic E-state index is 5.15. The van der Waals surface area contributed by atoms with Gasteiger partial charge in [0.05, 0.1) is 28.3 Å². The molecule has 5 nitrogen and oxygen atoms in total. The number of hydrogen-bond donors (Lipinski definition) is 0. The molecule has 8 rings (SSSR count). The molecular formula is C39H25N5. The molecule has 0 atom stereocenters. The predicted molar refractivity (Wildman–Crippen MR) is 178 cm³/mol. The lowest BCUT2D eigenvalue weighted by Crippen LogP contribution is -1.98. The third kappa shape index (κ3) is 4.76. The second-order valence-electron chi connectivity index (χ2n) is 10.6. The highest BCUT2D eigenvalue weighted by atomic mass is 14.9. The third-order valence-corrected chi connectivity index (χ3v) is 7.81. The first-order chi connectivity index (χ1) is 21.8. The monoisotopic (exact) mass is 563 g/mol. The molecule has 0 unspecified atom stereocenters. The first-order valence-corrected chi connectivity index (χ1v) is 14.5. The summed E-state index contributed by atoms with van der Waals surface area (Å²) in [6.07, 6.45) is 3.53. The summed E-state index contributed by atoms with van der Waals surface area (Å²) in [5.74, 6) is 0.559. The number of rotatable bonds is 5. The largest absolute Gasteiger partial charge is 0.255 e. The zero-order valence-corrected chi connectivity index (χ0v) is 23.7. The van der Waals surface area contributed by atoms with Crippen LogP contribution in [0.2, 0.25) is 0 Å². The second-order valence-corrected chi connectivity index (χ2v) is 10.6. The molecule has 44 heavy (non-hydrogen) atoms. The van der Waals surface area contributed by atoms with Gasteiger partial charge in [-0.05, 0) is 64.4 Å². The number of fused-ring (bicyclic) bond motifs is 3. The molecule has 5 heteroatoms. The van der Waals surface area contributed by atoms with Crippen molar-refractivity contribution in [3.8, 4) is 56.5 Å². The van der Waals surface area contributed by atoms with Gasteiger partial charge in [0, 0.05) is 28.9 Å². The molecule has 0 aliphatic heterocycles. The maximum absolute atomic E-state index is 5.15. The van der Waals surface area contributed by atoms with Crippen LogP contribution in [0.3, 0.4) is 0 Å². The summed E-state index contributed by atoms with van der Waals surface area (Å²) in [6.45, 7) is 0. The van der Waals surface area contributed by atoms with Gasteiger partial charge in [0.15, 0.2) is 5.82 Å². The fourth-order valence-corrected chi connectivity index (χ4v) is 5.66. The minimum absolute atomic E-state index is 0.559. The van der Waals surface area contributed by atoms with Crippen LogP contribution < -0.4 is 0 Å². The van der Waals surface area contributed by atoms with Crippen LogP contribution in [-0.4, -0.2) is 24.9 Å². The molecule has 0 aliphatic carbocycles. The van der Waals surface area contributed by atoms with Gasteiger partial charge in [0.1, 0.15) is 5.69 Å². The van der Waals surface area contributed by atoms with Crippen molar-refractivity contribution in [1.29, 1.82) is 0 Å². The molecule has 8 aromatic rings. The van der Waals surface area contributed by atoms with Gasteiger partial charge in [-0.25, -0.2) is 15.0 Å². The van der Waals surface area contributed by atoms with Crippen molar-refractivity contribution in [1.82, 2.24) is 24.9 Å². The molecule has 206 valence electrons. The first-order valence-electron chi connectivity index (χ1n) is 14.5. The molecule has 0 N–H and O–H groups in total. The van der Waals surface area contributed by atoms with Gasteiger partial charge in [-0.15, -0.1) is 0 Å². The van der Waals surface area contributed by atoms with E-state index < -0.39 is 0 Å². The Morgan fingerprint density at radius 1 is 0.386 bits per heavy atom. The first kappa shape index (κ1) is 25.6. The molecule has 0 radical (unpaired) electrons. The quantitative estimate of drug-likeness (QED) is 0.195. The van der Waals surface area contributed by atoms with Crippen molar-refractivity contribution in [2.45, 2.75) is 0 Å². The summed E-state index contributed by atoms with van der Waals surface area (Å²) in [5.41, 5.74) is 9.28. The van der Waals surface area contributed by atoms with Crippen molar-refractivity contribution in [2.24, 2.45) is 0 Å². The normalized spacial score (nSPS) is 11.2.